The third kappa shape index (κ3) is 6.00. The fourth-order valence-corrected chi connectivity index (χ4v) is 3.48. The summed E-state index contributed by atoms with van der Waals surface area (Å²) in [6.07, 6.45) is 1.75. The number of benzene rings is 2. The minimum absolute atomic E-state index is 0.162. The molecule has 29 heavy (non-hydrogen) atoms. The van der Waals surface area contributed by atoms with Gasteiger partial charge >= 0.3 is 0 Å². The van der Waals surface area contributed by atoms with Crippen molar-refractivity contribution in [1.29, 1.82) is 0 Å². The molecule has 1 amide bonds. The number of rotatable bonds is 9. The summed E-state index contributed by atoms with van der Waals surface area (Å²) in [7, 11) is 0. The first kappa shape index (κ1) is 21.2. The molecule has 1 aromatic heterocycles. The summed E-state index contributed by atoms with van der Waals surface area (Å²) in [6, 6.07) is 14.4. The van der Waals surface area contributed by atoms with Crippen LogP contribution in [0, 0.1) is 0 Å². The normalized spacial score (nSPS) is 10.6. The van der Waals surface area contributed by atoms with Crippen LogP contribution in [-0.4, -0.2) is 26.4 Å². The standard InChI is InChI=1S/C20H18Cl2N4O2S/c1-2-10-26-18(12-28-15-6-4-3-5-7-15)24-25-20(26)29-13-19(27)23-14-8-9-16(21)17(22)11-14/h2-9,11H,1,10,12-13H2,(H,23,27). The summed E-state index contributed by atoms with van der Waals surface area (Å²) in [5.41, 5.74) is 0.578. The second-order valence-corrected chi connectivity index (χ2v) is 7.62. The molecule has 3 aromatic rings. The molecule has 0 saturated heterocycles. The van der Waals surface area contributed by atoms with Gasteiger partial charge in [-0.2, -0.15) is 0 Å². The Balaban J connectivity index is 1.60. The molecule has 1 heterocycles. The largest absolute Gasteiger partial charge is 0.486 e. The van der Waals surface area contributed by atoms with E-state index in [1.807, 2.05) is 34.9 Å². The number of allylic oxidation sites excluding steroid dienone is 1. The van der Waals surface area contributed by atoms with Crippen molar-refractivity contribution in [3.05, 3.63) is 77.1 Å². The number of amides is 1. The molecular formula is C20H18Cl2N4O2S. The molecule has 2 aromatic carbocycles. The second-order valence-electron chi connectivity index (χ2n) is 5.87. The van der Waals surface area contributed by atoms with Crippen LogP contribution in [0.4, 0.5) is 5.69 Å². The molecule has 0 atom stereocenters. The summed E-state index contributed by atoms with van der Waals surface area (Å²) in [6.45, 7) is 4.55. The Labute approximate surface area is 182 Å². The fourth-order valence-electron chi connectivity index (χ4n) is 2.41. The van der Waals surface area contributed by atoms with Gasteiger partial charge in [0.25, 0.3) is 0 Å². The first-order valence-electron chi connectivity index (χ1n) is 8.65. The van der Waals surface area contributed by atoms with E-state index in [0.29, 0.717) is 33.3 Å². The maximum absolute atomic E-state index is 12.3. The van der Waals surface area contributed by atoms with Crippen LogP contribution in [0.5, 0.6) is 5.75 Å². The predicted molar refractivity (Wildman–Crippen MR) is 117 cm³/mol. The highest BCUT2D eigenvalue weighted by Crippen LogP contribution is 2.25. The predicted octanol–water partition coefficient (Wildman–Crippen LogP) is 5.08. The van der Waals surface area contributed by atoms with Crippen molar-refractivity contribution >= 4 is 46.6 Å². The maximum atomic E-state index is 12.3. The molecule has 0 bridgehead atoms. The Morgan fingerprint density at radius 3 is 2.69 bits per heavy atom. The van der Waals surface area contributed by atoms with E-state index in [9.17, 15) is 4.79 Å². The van der Waals surface area contributed by atoms with Crippen LogP contribution in [0.25, 0.3) is 0 Å². The Hall–Kier alpha value is -2.48. The number of carbonyl (C=O) groups excluding carboxylic acids is 1. The fraction of sp³-hybridized carbons (Fsp3) is 0.150. The van der Waals surface area contributed by atoms with Gasteiger partial charge in [0.05, 0.1) is 15.8 Å². The van der Waals surface area contributed by atoms with Crippen molar-refractivity contribution in [1.82, 2.24) is 14.8 Å². The van der Waals surface area contributed by atoms with Crippen LogP contribution in [0.15, 0.2) is 66.3 Å². The average molecular weight is 449 g/mol. The van der Waals surface area contributed by atoms with Crippen LogP contribution >= 0.6 is 35.0 Å². The number of thioether (sulfide) groups is 1. The topological polar surface area (TPSA) is 69.0 Å². The van der Waals surface area contributed by atoms with Gasteiger partial charge in [-0.1, -0.05) is 59.2 Å². The number of halogens is 2. The molecule has 0 unspecified atom stereocenters. The van der Waals surface area contributed by atoms with Crippen molar-refractivity contribution in [3.8, 4) is 5.75 Å². The molecule has 9 heteroatoms. The van der Waals surface area contributed by atoms with Gasteiger partial charge in [0.2, 0.25) is 5.91 Å². The van der Waals surface area contributed by atoms with Crippen molar-refractivity contribution in [2.24, 2.45) is 0 Å². The van der Waals surface area contributed by atoms with Crippen LogP contribution in [-0.2, 0) is 17.9 Å². The van der Waals surface area contributed by atoms with Crippen molar-refractivity contribution in [2.75, 3.05) is 11.1 Å². The number of hydrogen-bond donors (Lipinski definition) is 1. The van der Waals surface area contributed by atoms with Gasteiger partial charge in [-0.05, 0) is 30.3 Å². The number of hydrogen-bond acceptors (Lipinski definition) is 5. The number of nitrogens with one attached hydrogen (secondary N) is 1. The summed E-state index contributed by atoms with van der Waals surface area (Å²) < 4.78 is 7.62. The average Bonchev–Trinajstić information content (AvgIpc) is 3.10. The lowest BCUT2D eigenvalue weighted by Gasteiger charge is -2.09. The lowest BCUT2D eigenvalue weighted by atomic mass is 10.3. The monoisotopic (exact) mass is 448 g/mol. The van der Waals surface area contributed by atoms with Crippen LogP contribution in [0.2, 0.25) is 10.0 Å². The number of aromatic nitrogens is 3. The highest BCUT2D eigenvalue weighted by Gasteiger charge is 2.14. The molecule has 3 rings (SSSR count). The molecule has 0 aliphatic rings. The number of anilines is 1. The van der Waals surface area contributed by atoms with E-state index in [1.54, 1.807) is 24.3 Å². The summed E-state index contributed by atoms with van der Waals surface area (Å²) in [4.78, 5) is 12.3. The first-order chi connectivity index (χ1) is 14.1. The number of nitrogens with zero attached hydrogens (tertiary/aromatic N) is 3. The quantitative estimate of drug-likeness (QED) is 0.365. The minimum Gasteiger partial charge on any atom is -0.486 e. The molecule has 0 spiro atoms. The van der Waals surface area contributed by atoms with E-state index in [1.165, 1.54) is 11.8 Å². The van der Waals surface area contributed by atoms with E-state index >= 15 is 0 Å². The van der Waals surface area contributed by atoms with E-state index < -0.39 is 0 Å². The van der Waals surface area contributed by atoms with Crippen molar-refractivity contribution in [3.63, 3.8) is 0 Å². The number of carbonyl (C=O) groups is 1. The van der Waals surface area contributed by atoms with Gasteiger partial charge in [-0.3, -0.25) is 9.36 Å². The molecule has 0 aliphatic heterocycles. The second kappa shape index (κ2) is 10.3. The third-order valence-electron chi connectivity index (χ3n) is 3.75. The SMILES string of the molecule is C=CCn1c(COc2ccccc2)nnc1SCC(=O)Nc1ccc(Cl)c(Cl)c1. The lowest BCUT2D eigenvalue weighted by Crippen LogP contribution is -2.15. The van der Waals surface area contributed by atoms with Crippen LogP contribution in [0.1, 0.15) is 5.82 Å². The zero-order chi connectivity index (χ0) is 20.6. The molecule has 6 nitrogen and oxygen atoms in total. The minimum atomic E-state index is -0.191. The Morgan fingerprint density at radius 1 is 1.17 bits per heavy atom. The van der Waals surface area contributed by atoms with Gasteiger partial charge in [0, 0.05) is 12.2 Å². The van der Waals surface area contributed by atoms with Gasteiger partial charge in [0.1, 0.15) is 12.4 Å². The molecule has 0 saturated carbocycles. The van der Waals surface area contributed by atoms with Gasteiger partial charge in [0.15, 0.2) is 11.0 Å². The van der Waals surface area contributed by atoms with Crippen LogP contribution in [0.3, 0.4) is 0 Å². The van der Waals surface area contributed by atoms with Crippen LogP contribution < -0.4 is 10.1 Å². The molecule has 0 fully saturated rings. The Morgan fingerprint density at radius 2 is 1.97 bits per heavy atom. The lowest BCUT2D eigenvalue weighted by molar-refractivity contribution is -0.113. The van der Waals surface area contributed by atoms with E-state index in [2.05, 4.69) is 22.1 Å². The Kier molecular flexibility index (Phi) is 7.57. The molecule has 1 N–H and O–H groups in total. The summed E-state index contributed by atoms with van der Waals surface area (Å²) >= 11 is 13.1. The highest BCUT2D eigenvalue weighted by molar-refractivity contribution is 7.99. The van der Waals surface area contributed by atoms with E-state index in [0.717, 1.165) is 5.75 Å². The summed E-state index contributed by atoms with van der Waals surface area (Å²) in [5, 5.41) is 12.6. The molecule has 0 aliphatic carbocycles. The third-order valence-corrected chi connectivity index (χ3v) is 5.46. The number of para-hydroxylation sites is 1. The maximum Gasteiger partial charge on any atom is 0.234 e. The molecular weight excluding hydrogens is 431 g/mol. The molecule has 0 radical (unpaired) electrons. The molecule has 150 valence electrons. The first-order valence-corrected chi connectivity index (χ1v) is 10.4. The van der Waals surface area contributed by atoms with E-state index in [4.69, 9.17) is 27.9 Å². The summed E-state index contributed by atoms with van der Waals surface area (Å²) in [5.74, 6) is 1.37. The van der Waals surface area contributed by atoms with Crippen molar-refractivity contribution < 1.29 is 9.53 Å². The number of ether oxygens (including phenoxy) is 1. The van der Waals surface area contributed by atoms with Gasteiger partial charge < -0.3 is 10.1 Å². The smallest absolute Gasteiger partial charge is 0.234 e. The highest BCUT2D eigenvalue weighted by atomic mass is 35.5. The van der Waals surface area contributed by atoms with E-state index in [-0.39, 0.29) is 18.3 Å². The zero-order valence-electron chi connectivity index (χ0n) is 15.3. The van der Waals surface area contributed by atoms with Gasteiger partial charge in [-0.25, -0.2) is 0 Å². The zero-order valence-corrected chi connectivity index (χ0v) is 17.7. The van der Waals surface area contributed by atoms with Crippen molar-refractivity contribution in [2.45, 2.75) is 18.3 Å². The Bertz CT molecular complexity index is 995. The van der Waals surface area contributed by atoms with Gasteiger partial charge in [-0.15, -0.1) is 16.8 Å².